The summed E-state index contributed by atoms with van der Waals surface area (Å²) in [5.41, 5.74) is 0.854. The Morgan fingerprint density at radius 3 is 2.66 bits per heavy atom. The van der Waals surface area contributed by atoms with Crippen molar-refractivity contribution in [3.8, 4) is 0 Å². The molecule has 0 amide bonds. The Hall–Kier alpha value is -0.520. The third-order valence-electron chi connectivity index (χ3n) is 12.1. The second-order valence-electron chi connectivity index (χ2n) is 13.5. The quantitative estimate of drug-likeness (QED) is 0.366. The molecule has 0 aromatic rings. The highest BCUT2D eigenvalue weighted by molar-refractivity contribution is 7.99. The second kappa shape index (κ2) is 9.34. The van der Waals surface area contributed by atoms with Crippen molar-refractivity contribution in [2.75, 3.05) is 32.0 Å². The van der Waals surface area contributed by atoms with Gasteiger partial charge in [-0.2, -0.15) is 11.8 Å². The number of hydrogen-bond acceptors (Lipinski definition) is 5. The lowest BCUT2D eigenvalue weighted by atomic mass is 9.43. The Morgan fingerprint density at radius 1 is 1.06 bits per heavy atom. The van der Waals surface area contributed by atoms with E-state index in [0.717, 1.165) is 36.0 Å². The molecule has 0 aromatic heterocycles. The number of rotatable bonds is 6. The predicted octanol–water partition coefficient (Wildman–Crippen LogP) is 5.83. The average Bonchev–Trinajstić information content (AvgIpc) is 3.56. The Kier molecular flexibility index (Phi) is 6.62. The summed E-state index contributed by atoms with van der Waals surface area (Å²) in [5, 5.41) is 13.2. The van der Waals surface area contributed by atoms with Gasteiger partial charge in [-0.3, -0.25) is 0 Å². The maximum Gasteiger partial charge on any atom is 0.331 e. The molecule has 0 radical (unpaired) electrons. The van der Waals surface area contributed by atoms with E-state index >= 15 is 0 Å². The van der Waals surface area contributed by atoms with Crippen molar-refractivity contribution >= 4 is 17.7 Å². The van der Waals surface area contributed by atoms with Gasteiger partial charge in [0.25, 0.3) is 0 Å². The molecule has 0 spiro atoms. The van der Waals surface area contributed by atoms with Crippen LogP contribution in [0.25, 0.3) is 0 Å². The maximum absolute atomic E-state index is 12.4. The van der Waals surface area contributed by atoms with E-state index in [1.165, 1.54) is 83.2 Å². The molecular weight excluding hydrogens is 454 g/mol. The molecule has 2 aliphatic heterocycles. The number of ether oxygens (including phenoxy) is 1. The number of nitrogens with zero attached hydrogens (tertiary/aromatic N) is 1. The number of hydrogen-bond donors (Lipinski definition) is 1. The van der Waals surface area contributed by atoms with Crippen molar-refractivity contribution in [2.24, 2.45) is 34.5 Å². The number of likely N-dealkylation sites (tertiary alicyclic amines) is 1. The first-order valence-corrected chi connectivity index (χ1v) is 15.8. The molecule has 4 aliphatic carbocycles. The lowest BCUT2D eigenvalue weighted by molar-refractivity contribution is -0.203. The van der Waals surface area contributed by atoms with Crippen LogP contribution in [0.1, 0.15) is 90.9 Å². The third-order valence-corrected chi connectivity index (χ3v) is 13.5. The molecule has 35 heavy (non-hydrogen) atoms. The summed E-state index contributed by atoms with van der Waals surface area (Å²) in [5.74, 6) is 3.37. The van der Waals surface area contributed by atoms with Crippen LogP contribution >= 0.6 is 11.8 Å². The summed E-state index contributed by atoms with van der Waals surface area (Å²) in [6.45, 7) is 9.35. The van der Waals surface area contributed by atoms with Crippen LogP contribution in [0.15, 0.2) is 11.6 Å². The van der Waals surface area contributed by atoms with Gasteiger partial charge in [-0.1, -0.05) is 13.8 Å². The van der Waals surface area contributed by atoms with Gasteiger partial charge in [0.05, 0.1) is 5.60 Å². The summed E-state index contributed by atoms with van der Waals surface area (Å²) in [4.78, 5) is 14.4. The van der Waals surface area contributed by atoms with E-state index < -0.39 is 5.60 Å². The minimum Gasteiger partial charge on any atom is -0.458 e. The lowest BCUT2D eigenvalue weighted by Crippen LogP contribution is -2.62. The van der Waals surface area contributed by atoms with Crippen molar-refractivity contribution in [3.63, 3.8) is 0 Å². The Balaban J connectivity index is 1.10. The SMILES string of the molecule is C[C@]12CC[C@H](SCCCN3CCCC3)C[C@H]1CC[C@@H]1[C@@H]2CC[C@]2(C)[C@@H](C3=CC(=O)OC3)CC[C@]12O. The summed E-state index contributed by atoms with van der Waals surface area (Å²) >= 11 is 2.27. The van der Waals surface area contributed by atoms with Crippen LogP contribution in [0.3, 0.4) is 0 Å². The molecule has 0 unspecified atom stereocenters. The number of cyclic esters (lactones) is 1. The van der Waals surface area contributed by atoms with Crippen LogP contribution in [0.2, 0.25) is 0 Å². The molecule has 4 nitrogen and oxygen atoms in total. The molecule has 6 aliphatic rings. The van der Waals surface area contributed by atoms with E-state index in [2.05, 4.69) is 30.5 Å². The number of fused-ring (bicyclic) bond motifs is 5. The molecule has 5 fully saturated rings. The van der Waals surface area contributed by atoms with E-state index in [9.17, 15) is 9.90 Å². The van der Waals surface area contributed by atoms with Gasteiger partial charge in [0, 0.05) is 16.7 Å². The molecule has 1 N–H and O–H groups in total. The van der Waals surface area contributed by atoms with E-state index in [4.69, 9.17) is 4.74 Å². The van der Waals surface area contributed by atoms with Crippen LogP contribution in [0.5, 0.6) is 0 Å². The monoisotopic (exact) mass is 501 g/mol. The van der Waals surface area contributed by atoms with Gasteiger partial charge in [0.1, 0.15) is 6.61 Å². The molecule has 196 valence electrons. The Morgan fingerprint density at radius 2 is 1.89 bits per heavy atom. The summed E-state index contributed by atoms with van der Waals surface area (Å²) in [7, 11) is 0. The van der Waals surface area contributed by atoms with Gasteiger partial charge in [-0.05, 0) is 137 Å². The van der Waals surface area contributed by atoms with Crippen molar-refractivity contribution in [1.82, 2.24) is 4.90 Å². The highest BCUT2D eigenvalue weighted by Crippen LogP contribution is 2.70. The lowest BCUT2D eigenvalue weighted by Gasteiger charge is -2.64. The first-order valence-electron chi connectivity index (χ1n) is 14.8. The fourth-order valence-corrected chi connectivity index (χ4v) is 11.3. The molecule has 2 heterocycles. The summed E-state index contributed by atoms with van der Waals surface area (Å²) < 4.78 is 5.28. The highest BCUT2D eigenvalue weighted by atomic mass is 32.2. The third kappa shape index (κ3) is 4.05. The molecule has 0 aromatic carbocycles. The fourth-order valence-electron chi connectivity index (χ4n) is 10.1. The molecule has 4 saturated carbocycles. The zero-order chi connectivity index (χ0) is 24.3. The average molecular weight is 502 g/mol. The van der Waals surface area contributed by atoms with Crippen molar-refractivity contribution in [1.29, 1.82) is 0 Å². The Bertz CT molecular complexity index is 855. The fraction of sp³-hybridized carbons (Fsp3) is 0.900. The van der Waals surface area contributed by atoms with Crippen molar-refractivity contribution < 1.29 is 14.6 Å². The first kappa shape index (κ1) is 24.8. The van der Waals surface area contributed by atoms with Crippen LogP contribution < -0.4 is 0 Å². The number of carbonyl (C=O) groups excluding carboxylic acids is 1. The maximum atomic E-state index is 12.4. The van der Waals surface area contributed by atoms with Crippen LogP contribution in [-0.2, 0) is 9.53 Å². The van der Waals surface area contributed by atoms with Crippen molar-refractivity contribution in [3.05, 3.63) is 11.6 Å². The molecule has 8 atom stereocenters. The van der Waals surface area contributed by atoms with Crippen LogP contribution in [0.4, 0.5) is 0 Å². The summed E-state index contributed by atoms with van der Waals surface area (Å²) in [6.07, 6.45) is 16.8. The Labute approximate surface area is 217 Å². The molecule has 6 rings (SSSR count). The number of aliphatic hydroxyl groups is 1. The van der Waals surface area contributed by atoms with Gasteiger partial charge >= 0.3 is 5.97 Å². The van der Waals surface area contributed by atoms with Crippen LogP contribution in [-0.4, -0.2) is 58.8 Å². The number of esters is 1. The normalized spacial score (nSPS) is 47.7. The molecular formula is C30H47NO3S. The highest BCUT2D eigenvalue weighted by Gasteiger charge is 2.67. The van der Waals surface area contributed by atoms with Gasteiger partial charge in [-0.25, -0.2) is 4.79 Å². The minimum atomic E-state index is -0.581. The standard InChI is InChI=1S/C30H47NO3S/c1-28-11-8-23(35-17-5-16-31-14-3-4-15-31)19-22(28)6-7-26-25(28)9-12-29(2)24(10-13-30(26,29)33)21-18-27(32)34-20-21/h18,22-26,33H,3-17,19-20H2,1-2H3/t22-,23+,24-,25+,26-,28+,29-,30+/m1/s1. The van der Waals surface area contributed by atoms with Gasteiger partial charge in [-0.15, -0.1) is 0 Å². The number of thioether (sulfide) groups is 1. The molecule has 1 saturated heterocycles. The zero-order valence-electron chi connectivity index (χ0n) is 22.1. The summed E-state index contributed by atoms with van der Waals surface area (Å²) in [6, 6.07) is 0. The minimum absolute atomic E-state index is 0.112. The van der Waals surface area contributed by atoms with Gasteiger partial charge < -0.3 is 14.7 Å². The van der Waals surface area contributed by atoms with E-state index in [0.29, 0.717) is 29.8 Å². The molecule has 0 bridgehead atoms. The van der Waals surface area contributed by atoms with Crippen molar-refractivity contribution in [2.45, 2.75) is 102 Å². The van der Waals surface area contributed by atoms with Gasteiger partial charge in [0.2, 0.25) is 0 Å². The zero-order valence-corrected chi connectivity index (χ0v) is 22.9. The van der Waals surface area contributed by atoms with E-state index in [1.807, 2.05) is 0 Å². The first-order chi connectivity index (χ1) is 16.8. The largest absolute Gasteiger partial charge is 0.458 e. The predicted molar refractivity (Wildman–Crippen MR) is 142 cm³/mol. The molecule has 5 heteroatoms. The van der Waals surface area contributed by atoms with E-state index in [1.54, 1.807) is 6.08 Å². The topological polar surface area (TPSA) is 49.8 Å². The number of carbonyl (C=O) groups is 1. The van der Waals surface area contributed by atoms with Gasteiger partial charge in [0.15, 0.2) is 0 Å². The second-order valence-corrected chi connectivity index (χ2v) is 14.9. The smallest absolute Gasteiger partial charge is 0.331 e. The van der Waals surface area contributed by atoms with Crippen LogP contribution in [0, 0.1) is 34.5 Å². The van der Waals surface area contributed by atoms with E-state index in [-0.39, 0.29) is 11.4 Å².